The van der Waals surface area contributed by atoms with Crippen molar-refractivity contribution in [1.29, 1.82) is 0 Å². The summed E-state index contributed by atoms with van der Waals surface area (Å²) in [5, 5.41) is 16.5. The van der Waals surface area contributed by atoms with Crippen molar-refractivity contribution in [2.24, 2.45) is 0 Å². The molecule has 0 saturated heterocycles. The molecule has 3 aromatic carbocycles. The number of aryl methyl sites for hydroxylation is 1. The van der Waals surface area contributed by atoms with Crippen LogP contribution in [0.4, 0.5) is 10.5 Å². The van der Waals surface area contributed by atoms with Crippen molar-refractivity contribution in [3.05, 3.63) is 94.6 Å². The third kappa shape index (κ3) is 5.53. The molecule has 0 spiro atoms. The van der Waals surface area contributed by atoms with Gasteiger partial charge in [-0.15, -0.1) is 0 Å². The van der Waals surface area contributed by atoms with Crippen LogP contribution in [0.25, 0.3) is 22.5 Å². The second-order valence-electron chi connectivity index (χ2n) is 7.97. The minimum atomic E-state index is -0.907. The number of carbonyl (C=O) groups excluding carboxylic acids is 1. The van der Waals surface area contributed by atoms with Crippen LogP contribution in [0.5, 0.6) is 0 Å². The molecule has 1 heterocycles. The highest BCUT2D eigenvalue weighted by Crippen LogP contribution is 2.35. The van der Waals surface area contributed by atoms with Gasteiger partial charge in [-0.05, 0) is 42.7 Å². The molecule has 0 aliphatic carbocycles. The number of hydrogen-bond acceptors (Lipinski definition) is 5. The van der Waals surface area contributed by atoms with Crippen LogP contribution in [0.3, 0.4) is 0 Å². The summed E-state index contributed by atoms with van der Waals surface area (Å²) in [6.07, 6.45) is -1.33. The molecular formula is C27H23ClN2O5. The molecule has 0 aliphatic heterocycles. The average molecular weight is 491 g/mol. The van der Waals surface area contributed by atoms with E-state index in [0.29, 0.717) is 38.9 Å². The van der Waals surface area contributed by atoms with Crippen molar-refractivity contribution in [1.82, 2.24) is 5.16 Å². The minimum absolute atomic E-state index is 0.0932. The first-order valence-electron chi connectivity index (χ1n) is 10.9. The van der Waals surface area contributed by atoms with Crippen LogP contribution in [0.1, 0.15) is 29.8 Å². The number of nitrogens with one attached hydrogen (secondary N) is 1. The maximum Gasteiger partial charge on any atom is 0.412 e. The maximum atomic E-state index is 12.7. The van der Waals surface area contributed by atoms with Gasteiger partial charge in [0.2, 0.25) is 0 Å². The maximum absolute atomic E-state index is 12.7. The van der Waals surface area contributed by atoms with Crippen molar-refractivity contribution in [2.45, 2.75) is 26.4 Å². The largest absolute Gasteiger partial charge is 0.481 e. The van der Waals surface area contributed by atoms with Gasteiger partial charge in [-0.25, -0.2) is 4.79 Å². The summed E-state index contributed by atoms with van der Waals surface area (Å²) in [6.45, 7) is 3.45. The molecule has 8 heteroatoms. The van der Waals surface area contributed by atoms with Gasteiger partial charge in [0.15, 0.2) is 5.76 Å². The lowest BCUT2D eigenvalue weighted by Gasteiger charge is -2.15. The zero-order valence-electron chi connectivity index (χ0n) is 19.1. The number of anilines is 1. The fourth-order valence-corrected chi connectivity index (χ4v) is 4.11. The first kappa shape index (κ1) is 24.0. The van der Waals surface area contributed by atoms with Crippen LogP contribution in [0, 0.1) is 6.92 Å². The van der Waals surface area contributed by atoms with Crippen LogP contribution in [-0.2, 0) is 16.0 Å². The number of rotatable bonds is 7. The highest BCUT2D eigenvalue weighted by Gasteiger charge is 2.21. The van der Waals surface area contributed by atoms with E-state index in [9.17, 15) is 14.7 Å². The minimum Gasteiger partial charge on any atom is -0.481 e. The van der Waals surface area contributed by atoms with Crippen molar-refractivity contribution >= 4 is 29.4 Å². The number of aliphatic carboxylic acids is 1. The van der Waals surface area contributed by atoms with Gasteiger partial charge in [0.25, 0.3) is 0 Å². The number of hydrogen-bond donors (Lipinski definition) is 2. The molecule has 1 amide bonds. The molecule has 4 aromatic rings. The Hall–Kier alpha value is -4.10. The standard InChI is InChI=1S/C27H23ClN2O5/c1-16-25(29-27(33)34-17(2)21-11-5-6-13-23(21)28)26(35-30-16)20-10-7-9-18(14-20)22-12-4-3-8-19(22)15-24(31)32/h3-14,17H,15H2,1-2H3,(H,29,33)(H,31,32). The van der Waals surface area contributed by atoms with Crippen LogP contribution in [0.15, 0.2) is 77.3 Å². The second kappa shape index (κ2) is 10.4. The molecule has 2 N–H and O–H groups in total. The van der Waals surface area contributed by atoms with Crippen LogP contribution in [0.2, 0.25) is 5.02 Å². The van der Waals surface area contributed by atoms with E-state index < -0.39 is 18.2 Å². The van der Waals surface area contributed by atoms with E-state index in [4.69, 9.17) is 20.9 Å². The van der Waals surface area contributed by atoms with Gasteiger partial charge in [0.05, 0.1) is 6.42 Å². The van der Waals surface area contributed by atoms with Crippen LogP contribution < -0.4 is 5.32 Å². The summed E-state index contributed by atoms with van der Waals surface area (Å²) in [4.78, 5) is 24.0. The van der Waals surface area contributed by atoms with Gasteiger partial charge in [0, 0.05) is 16.1 Å². The lowest BCUT2D eigenvalue weighted by atomic mass is 9.96. The number of carbonyl (C=O) groups is 2. The lowest BCUT2D eigenvalue weighted by Crippen LogP contribution is -2.17. The highest BCUT2D eigenvalue weighted by atomic mass is 35.5. The molecule has 35 heavy (non-hydrogen) atoms. The third-order valence-electron chi connectivity index (χ3n) is 5.51. The van der Waals surface area contributed by atoms with E-state index in [-0.39, 0.29) is 6.42 Å². The van der Waals surface area contributed by atoms with Crippen molar-refractivity contribution in [3.63, 3.8) is 0 Å². The van der Waals surface area contributed by atoms with E-state index in [1.807, 2.05) is 48.5 Å². The quantitative estimate of drug-likeness (QED) is 0.292. The molecule has 0 bridgehead atoms. The van der Waals surface area contributed by atoms with E-state index in [0.717, 1.165) is 11.1 Å². The number of nitrogens with zero attached hydrogens (tertiary/aromatic N) is 1. The van der Waals surface area contributed by atoms with Crippen molar-refractivity contribution < 1.29 is 24.0 Å². The van der Waals surface area contributed by atoms with Crippen LogP contribution >= 0.6 is 11.6 Å². The highest BCUT2D eigenvalue weighted by molar-refractivity contribution is 6.31. The molecule has 0 radical (unpaired) electrons. The summed E-state index contributed by atoms with van der Waals surface area (Å²) in [7, 11) is 0. The molecular weight excluding hydrogens is 468 g/mol. The molecule has 0 fully saturated rings. The molecule has 7 nitrogen and oxygen atoms in total. The van der Waals surface area contributed by atoms with Crippen LogP contribution in [-0.4, -0.2) is 22.3 Å². The second-order valence-corrected chi connectivity index (χ2v) is 8.38. The fourth-order valence-electron chi connectivity index (χ4n) is 3.82. The van der Waals surface area contributed by atoms with E-state index in [1.165, 1.54) is 0 Å². The Morgan fingerprint density at radius 2 is 1.77 bits per heavy atom. The fraction of sp³-hybridized carbons (Fsp3) is 0.148. The summed E-state index contributed by atoms with van der Waals surface area (Å²) >= 11 is 6.21. The lowest BCUT2D eigenvalue weighted by molar-refractivity contribution is -0.136. The molecule has 0 aliphatic rings. The first-order chi connectivity index (χ1) is 16.8. The Labute approximate surface area is 207 Å². The van der Waals surface area contributed by atoms with Crippen molar-refractivity contribution in [3.8, 4) is 22.5 Å². The van der Waals surface area contributed by atoms with E-state index in [1.54, 1.807) is 38.1 Å². The molecule has 178 valence electrons. The summed E-state index contributed by atoms with van der Waals surface area (Å²) in [5.41, 5.74) is 4.55. The number of carboxylic acids is 1. The summed E-state index contributed by atoms with van der Waals surface area (Å²) in [5.74, 6) is -0.544. The Morgan fingerprint density at radius 3 is 2.54 bits per heavy atom. The monoisotopic (exact) mass is 490 g/mol. The van der Waals surface area contributed by atoms with Gasteiger partial charge in [-0.1, -0.05) is 77.4 Å². The van der Waals surface area contributed by atoms with E-state index in [2.05, 4.69) is 10.5 Å². The number of benzene rings is 3. The number of carboxylic acid groups (broad SMARTS) is 1. The number of amides is 1. The average Bonchev–Trinajstić information content (AvgIpc) is 3.19. The molecule has 1 aromatic heterocycles. The normalized spacial score (nSPS) is 11.6. The number of aromatic nitrogens is 1. The van der Waals surface area contributed by atoms with Gasteiger partial charge >= 0.3 is 12.1 Å². The number of halogens is 1. The Morgan fingerprint density at radius 1 is 1.06 bits per heavy atom. The Kier molecular flexibility index (Phi) is 7.17. The SMILES string of the molecule is Cc1noc(-c2cccc(-c3ccccc3CC(=O)O)c2)c1NC(=O)OC(C)c1ccccc1Cl. The van der Waals surface area contributed by atoms with Gasteiger partial charge in [-0.3, -0.25) is 10.1 Å². The van der Waals surface area contributed by atoms with Gasteiger partial charge in [0.1, 0.15) is 17.5 Å². The van der Waals surface area contributed by atoms with Gasteiger partial charge < -0.3 is 14.4 Å². The smallest absolute Gasteiger partial charge is 0.412 e. The molecule has 1 atom stereocenters. The predicted molar refractivity (Wildman–Crippen MR) is 133 cm³/mol. The zero-order chi connectivity index (χ0) is 24.9. The summed E-state index contributed by atoms with van der Waals surface area (Å²) < 4.78 is 11.1. The zero-order valence-corrected chi connectivity index (χ0v) is 19.9. The molecule has 4 rings (SSSR count). The third-order valence-corrected chi connectivity index (χ3v) is 5.86. The first-order valence-corrected chi connectivity index (χ1v) is 11.3. The molecule has 0 saturated carbocycles. The summed E-state index contributed by atoms with van der Waals surface area (Å²) in [6, 6.07) is 21.9. The van der Waals surface area contributed by atoms with Gasteiger partial charge in [-0.2, -0.15) is 0 Å². The molecule has 1 unspecified atom stereocenters. The number of ether oxygens (including phenoxy) is 1. The topological polar surface area (TPSA) is 102 Å². The predicted octanol–water partition coefficient (Wildman–Crippen LogP) is 6.91. The van der Waals surface area contributed by atoms with E-state index >= 15 is 0 Å². The van der Waals surface area contributed by atoms with Crippen molar-refractivity contribution in [2.75, 3.05) is 5.32 Å². The Balaban J connectivity index is 1.59. The Bertz CT molecular complexity index is 1380.